The van der Waals surface area contributed by atoms with Crippen LogP contribution in [0.1, 0.15) is 31.4 Å². The molecule has 0 bridgehead atoms. The van der Waals surface area contributed by atoms with Crippen molar-refractivity contribution in [2.24, 2.45) is 0 Å². The molecule has 0 radical (unpaired) electrons. The molecule has 0 spiro atoms. The summed E-state index contributed by atoms with van der Waals surface area (Å²) < 4.78 is 23.2. The molecule has 15 heavy (non-hydrogen) atoms. The molecule has 0 saturated carbocycles. The topological polar surface area (TPSA) is 34.1 Å². The molecule has 1 aliphatic rings. The third kappa shape index (κ3) is 2.59. The van der Waals surface area contributed by atoms with Crippen molar-refractivity contribution in [2.75, 3.05) is 5.75 Å². The first-order chi connectivity index (χ1) is 7.09. The summed E-state index contributed by atoms with van der Waals surface area (Å²) in [5.41, 5.74) is 2.13. The molecule has 1 heterocycles. The molecule has 0 fully saturated rings. The molecule has 2 rings (SSSR count). The molecule has 0 amide bonds. The van der Waals surface area contributed by atoms with E-state index in [4.69, 9.17) is 0 Å². The Morgan fingerprint density at radius 3 is 2.53 bits per heavy atom. The molecular formula is C12H18O2S. The second kappa shape index (κ2) is 4.79. The van der Waals surface area contributed by atoms with E-state index >= 15 is 0 Å². The number of sulfone groups is 1. The average molecular weight is 226 g/mol. The van der Waals surface area contributed by atoms with Gasteiger partial charge in [-0.15, -0.1) is 0 Å². The summed E-state index contributed by atoms with van der Waals surface area (Å²) in [5.74, 6) is 0.309. The minimum absolute atomic E-state index is 0.309. The van der Waals surface area contributed by atoms with Gasteiger partial charge in [-0.05, 0) is 31.4 Å². The lowest BCUT2D eigenvalue weighted by Crippen LogP contribution is -2.15. The zero-order valence-corrected chi connectivity index (χ0v) is 10.4. The van der Waals surface area contributed by atoms with Crippen molar-refractivity contribution in [2.45, 2.75) is 38.5 Å². The predicted molar refractivity (Wildman–Crippen MR) is 62.9 cm³/mol. The van der Waals surface area contributed by atoms with Gasteiger partial charge in [-0.25, -0.2) is 8.42 Å². The Morgan fingerprint density at radius 1 is 1.20 bits per heavy atom. The van der Waals surface area contributed by atoms with Gasteiger partial charge in [0.25, 0.3) is 0 Å². The second-order valence-electron chi connectivity index (χ2n) is 3.53. The van der Waals surface area contributed by atoms with Crippen LogP contribution in [0.5, 0.6) is 0 Å². The van der Waals surface area contributed by atoms with Gasteiger partial charge in [0.15, 0.2) is 9.84 Å². The van der Waals surface area contributed by atoms with Crippen LogP contribution in [-0.4, -0.2) is 14.2 Å². The van der Waals surface area contributed by atoms with Crippen LogP contribution in [-0.2, 0) is 16.3 Å². The Hall–Kier alpha value is -0.830. The van der Waals surface area contributed by atoms with E-state index in [2.05, 4.69) is 0 Å². The van der Waals surface area contributed by atoms with Crippen molar-refractivity contribution < 1.29 is 8.42 Å². The predicted octanol–water partition coefficient (Wildman–Crippen LogP) is 2.74. The Balaban J connectivity index is 0.000000531. The molecule has 0 saturated heterocycles. The van der Waals surface area contributed by atoms with Gasteiger partial charge in [0, 0.05) is 0 Å². The Morgan fingerprint density at radius 2 is 1.87 bits per heavy atom. The van der Waals surface area contributed by atoms with E-state index in [-0.39, 0.29) is 0 Å². The number of aryl methyl sites for hydroxylation is 2. The summed E-state index contributed by atoms with van der Waals surface area (Å²) in [7, 11) is -2.96. The maximum atomic E-state index is 11.6. The van der Waals surface area contributed by atoms with Gasteiger partial charge in [-0.3, -0.25) is 0 Å². The minimum atomic E-state index is -2.96. The van der Waals surface area contributed by atoms with Crippen LogP contribution < -0.4 is 0 Å². The summed E-state index contributed by atoms with van der Waals surface area (Å²) in [6, 6.07) is 5.58. The van der Waals surface area contributed by atoms with Crippen molar-refractivity contribution in [3.05, 3.63) is 29.3 Å². The van der Waals surface area contributed by atoms with Crippen molar-refractivity contribution in [1.82, 2.24) is 0 Å². The molecule has 1 aromatic rings. The molecule has 84 valence electrons. The molecule has 0 aliphatic carbocycles. The highest BCUT2D eigenvalue weighted by molar-refractivity contribution is 7.91. The minimum Gasteiger partial charge on any atom is -0.224 e. The second-order valence-corrected chi connectivity index (χ2v) is 5.61. The number of benzene rings is 1. The largest absolute Gasteiger partial charge is 0.224 e. The van der Waals surface area contributed by atoms with Gasteiger partial charge < -0.3 is 0 Å². The van der Waals surface area contributed by atoms with E-state index < -0.39 is 9.84 Å². The van der Waals surface area contributed by atoms with Crippen LogP contribution in [0.15, 0.2) is 23.1 Å². The number of hydrogen-bond acceptors (Lipinski definition) is 2. The molecule has 0 unspecified atom stereocenters. The zero-order valence-electron chi connectivity index (χ0n) is 9.58. The van der Waals surface area contributed by atoms with Crippen molar-refractivity contribution in [3.63, 3.8) is 0 Å². The van der Waals surface area contributed by atoms with E-state index in [9.17, 15) is 8.42 Å². The maximum absolute atomic E-state index is 11.6. The van der Waals surface area contributed by atoms with E-state index in [0.717, 1.165) is 24.0 Å². The quantitative estimate of drug-likeness (QED) is 0.681. The smallest absolute Gasteiger partial charge is 0.178 e. The van der Waals surface area contributed by atoms with Crippen LogP contribution in [0, 0.1) is 6.92 Å². The summed E-state index contributed by atoms with van der Waals surface area (Å²) in [5, 5.41) is 0. The first-order valence-corrected chi connectivity index (χ1v) is 7.07. The van der Waals surface area contributed by atoms with E-state index in [1.807, 2.05) is 32.9 Å². The lowest BCUT2D eigenvalue weighted by atomic mass is 10.1. The SMILES string of the molecule is CC.Cc1ccc2c(c1)CCCS2(=O)=O. The molecule has 0 N–H and O–H groups in total. The zero-order chi connectivity index (χ0) is 11.5. The Bertz CT molecular complexity index is 433. The van der Waals surface area contributed by atoms with Crippen molar-refractivity contribution in [3.8, 4) is 0 Å². The summed E-state index contributed by atoms with van der Waals surface area (Å²) in [4.78, 5) is 0.546. The molecule has 2 nitrogen and oxygen atoms in total. The van der Waals surface area contributed by atoms with Crippen LogP contribution in [0.25, 0.3) is 0 Å². The Kier molecular flexibility index (Phi) is 3.91. The highest BCUT2D eigenvalue weighted by Crippen LogP contribution is 2.25. The van der Waals surface area contributed by atoms with E-state index in [0.29, 0.717) is 10.6 Å². The maximum Gasteiger partial charge on any atom is 0.178 e. The third-order valence-corrected chi connectivity index (χ3v) is 4.30. The third-order valence-electron chi connectivity index (χ3n) is 2.41. The van der Waals surface area contributed by atoms with E-state index in [1.54, 1.807) is 6.07 Å². The van der Waals surface area contributed by atoms with Gasteiger partial charge >= 0.3 is 0 Å². The molecule has 0 atom stereocenters. The normalized spacial score (nSPS) is 17.3. The fraction of sp³-hybridized carbons (Fsp3) is 0.500. The fourth-order valence-electron chi connectivity index (χ4n) is 1.77. The van der Waals surface area contributed by atoms with Gasteiger partial charge in [0.1, 0.15) is 0 Å². The van der Waals surface area contributed by atoms with Gasteiger partial charge in [-0.2, -0.15) is 0 Å². The lowest BCUT2D eigenvalue weighted by Gasteiger charge is -2.16. The molecule has 1 aromatic carbocycles. The highest BCUT2D eigenvalue weighted by Gasteiger charge is 2.22. The van der Waals surface area contributed by atoms with Crippen LogP contribution >= 0.6 is 0 Å². The van der Waals surface area contributed by atoms with Crippen LogP contribution in [0.4, 0.5) is 0 Å². The lowest BCUT2D eigenvalue weighted by molar-refractivity contribution is 0.586. The standard InChI is InChI=1S/C10H12O2S.C2H6/c1-8-4-5-10-9(7-8)3-2-6-13(10,11)12;1-2/h4-5,7H,2-3,6H2,1H3;1-2H3. The summed E-state index contributed by atoms with van der Waals surface area (Å²) in [6.07, 6.45) is 1.66. The van der Waals surface area contributed by atoms with Gasteiger partial charge in [-0.1, -0.05) is 31.5 Å². The van der Waals surface area contributed by atoms with Gasteiger partial charge in [0.2, 0.25) is 0 Å². The number of rotatable bonds is 0. The molecule has 1 aliphatic heterocycles. The monoisotopic (exact) mass is 226 g/mol. The molecule has 0 aromatic heterocycles. The summed E-state index contributed by atoms with van der Waals surface area (Å²) in [6.45, 7) is 5.99. The Labute approximate surface area is 92.2 Å². The summed E-state index contributed by atoms with van der Waals surface area (Å²) >= 11 is 0. The first-order valence-electron chi connectivity index (χ1n) is 5.42. The number of hydrogen-bond donors (Lipinski definition) is 0. The molecule has 3 heteroatoms. The first kappa shape index (κ1) is 12.2. The molecular weight excluding hydrogens is 208 g/mol. The van der Waals surface area contributed by atoms with Crippen LogP contribution in [0.3, 0.4) is 0 Å². The fourth-order valence-corrected chi connectivity index (χ4v) is 3.35. The average Bonchev–Trinajstić information content (AvgIpc) is 2.19. The van der Waals surface area contributed by atoms with Crippen molar-refractivity contribution >= 4 is 9.84 Å². The highest BCUT2D eigenvalue weighted by atomic mass is 32.2. The van der Waals surface area contributed by atoms with E-state index in [1.165, 1.54) is 0 Å². The van der Waals surface area contributed by atoms with Crippen LogP contribution in [0.2, 0.25) is 0 Å². The van der Waals surface area contributed by atoms with Gasteiger partial charge in [0.05, 0.1) is 10.6 Å². The van der Waals surface area contributed by atoms with Crippen molar-refractivity contribution in [1.29, 1.82) is 0 Å². The number of fused-ring (bicyclic) bond motifs is 1.